The molecule has 2 aromatic rings. The molecule has 1 aliphatic rings. The molecule has 0 bridgehead atoms. The summed E-state index contributed by atoms with van der Waals surface area (Å²) in [5.41, 5.74) is 2.25. The van der Waals surface area contributed by atoms with E-state index >= 15 is 0 Å². The second-order valence-corrected chi connectivity index (χ2v) is 6.69. The second-order valence-electron chi connectivity index (χ2n) is 5.68. The number of hydrogen-bond donors (Lipinski definition) is 2. The summed E-state index contributed by atoms with van der Waals surface area (Å²) < 4.78 is 5.36. The van der Waals surface area contributed by atoms with E-state index in [1.807, 2.05) is 17.5 Å². The summed E-state index contributed by atoms with van der Waals surface area (Å²) in [7, 11) is 0. The van der Waals surface area contributed by atoms with Crippen LogP contribution in [0.4, 0.5) is 10.6 Å². The molecular formula is C17H22N4O2S. The molecule has 0 saturated carbocycles. The number of nitrogens with one attached hydrogen (secondary N) is 2. The van der Waals surface area contributed by atoms with E-state index in [0.29, 0.717) is 13.1 Å². The van der Waals surface area contributed by atoms with Gasteiger partial charge >= 0.3 is 6.03 Å². The monoisotopic (exact) mass is 346 g/mol. The Morgan fingerprint density at radius 2 is 2.08 bits per heavy atom. The molecule has 24 heavy (non-hydrogen) atoms. The molecule has 1 aliphatic heterocycles. The number of thiophene rings is 1. The Kier molecular flexibility index (Phi) is 5.66. The van der Waals surface area contributed by atoms with Crippen molar-refractivity contribution in [3.8, 4) is 0 Å². The van der Waals surface area contributed by atoms with Crippen LogP contribution in [0, 0.1) is 6.92 Å². The molecule has 0 atom stereocenters. The van der Waals surface area contributed by atoms with Gasteiger partial charge in [-0.1, -0.05) is 0 Å². The van der Waals surface area contributed by atoms with Gasteiger partial charge in [-0.15, -0.1) is 11.3 Å². The van der Waals surface area contributed by atoms with E-state index in [2.05, 4.69) is 33.5 Å². The molecule has 1 fully saturated rings. The third-order valence-corrected chi connectivity index (χ3v) is 5.00. The lowest BCUT2D eigenvalue weighted by Gasteiger charge is -2.28. The minimum atomic E-state index is -0.160. The minimum Gasteiger partial charge on any atom is -0.378 e. The Labute approximate surface area is 145 Å². The van der Waals surface area contributed by atoms with Crippen molar-refractivity contribution in [3.63, 3.8) is 0 Å². The normalized spacial score (nSPS) is 14.5. The quantitative estimate of drug-likeness (QED) is 0.872. The summed E-state index contributed by atoms with van der Waals surface area (Å²) in [6, 6.07) is 5.85. The number of carbonyl (C=O) groups excluding carboxylic acids is 1. The molecule has 3 rings (SSSR count). The molecule has 7 heteroatoms. The van der Waals surface area contributed by atoms with Crippen molar-refractivity contribution >= 4 is 23.2 Å². The number of amides is 2. The Morgan fingerprint density at radius 3 is 2.83 bits per heavy atom. The average molecular weight is 346 g/mol. The third-order valence-electron chi connectivity index (χ3n) is 3.98. The molecule has 1 saturated heterocycles. The van der Waals surface area contributed by atoms with E-state index in [1.165, 1.54) is 10.4 Å². The lowest BCUT2D eigenvalue weighted by atomic mass is 10.2. The van der Waals surface area contributed by atoms with Gasteiger partial charge in [-0.3, -0.25) is 0 Å². The van der Waals surface area contributed by atoms with E-state index in [9.17, 15) is 4.79 Å². The van der Waals surface area contributed by atoms with Crippen LogP contribution in [0.5, 0.6) is 0 Å². The molecule has 128 valence electrons. The maximum atomic E-state index is 11.9. The van der Waals surface area contributed by atoms with Crippen LogP contribution in [0.1, 0.15) is 16.0 Å². The zero-order valence-electron chi connectivity index (χ0n) is 13.7. The molecule has 0 radical (unpaired) electrons. The van der Waals surface area contributed by atoms with Crippen LogP contribution in [0.15, 0.2) is 29.8 Å². The van der Waals surface area contributed by atoms with Crippen LogP contribution < -0.4 is 15.5 Å². The van der Waals surface area contributed by atoms with Crippen molar-refractivity contribution in [2.24, 2.45) is 0 Å². The van der Waals surface area contributed by atoms with Crippen LogP contribution in [0.25, 0.3) is 0 Å². The van der Waals surface area contributed by atoms with Gasteiger partial charge in [-0.25, -0.2) is 9.78 Å². The number of aryl methyl sites for hydroxylation is 1. The van der Waals surface area contributed by atoms with Gasteiger partial charge in [0, 0.05) is 30.7 Å². The zero-order valence-corrected chi connectivity index (χ0v) is 14.6. The molecule has 0 spiro atoms. The van der Waals surface area contributed by atoms with Gasteiger partial charge in [0.25, 0.3) is 0 Å². The van der Waals surface area contributed by atoms with Gasteiger partial charge in [0.15, 0.2) is 0 Å². The first-order chi connectivity index (χ1) is 11.7. The maximum absolute atomic E-state index is 11.9. The van der Waals surface area contributed by atoms with Crippen LogP contribution in [0.3, 0.4) is 0 Å². The molecule has 0 unspecified atom stereocenters. The molecule has 0 aliphatic carbocycles. The van der Waals surface area contributed by atoms with Gasteiger partial charge in [-0.05, 0) is 41.6 Å². The molecule has 0 aromatic carbocycles. The van der Waals surface area contributed by atoms with Crippen LogP contribution >= 0.6 is 11.3 Å². The van der Waals surface area contributed by atoms with Gasteiger partial charge in [0.2, 0.25) is 0 Å². The van der Waals surface area contributed by atoms with Crippen LogP contribution in [-0.4, -0.2) is 37.3 Å². The number of carbonyl (C=O) groups is 1. The number of urea groups is 1. The van der Waals surface area contributed by atoms with Gasteiger partial charge in [-0.2, -0.15) is 0 Å². The summed E-state index contributed by atoms with van der Waals surface area (Å²) in [6.45, 7) is 6.26. The van der Waals surface area contributed by atoms with E-state index in [0.717, 1.165) is 37.7 Å². The summed E-state index contributed by atoms with van der Waals surface area (Å²) in [4.78, 5) is 19.7. The molecule has 2 amide bonds. The third kappa shape index (κ3) is 4.46. The van der Waals surface area contributed by atoms with Gasteiger partial charge in [0.1, 0.15) is 5.82 Å². The predicted octanol–water partition coefficient (Wildman–Crippen LogP) is 2.29. The number of pyridine rings is 1. The molecule has 3 heterocycles. The lowest BCUT2D eigenvalue weighted by molar-refractivity contribution is 0.122. The van der Waals surface area contributed by atoms with Crippen LogP contribution in [0.2, 0.25) is 0 Å². The second kappa shape index (κ2) is 8.12. The Morgan fingerprint density at radius 1 is 1.29 bits per heavy atom. The maximum Gasteiger partial charge on any atom is 0.315 e. The van der Waals surface area contributed by atoms with Crippen molar-refractivity contribution in [2.75, 3.05) is 31.2 Å². The molecular weight excluding hydrogens is 324 g/mol. The summed E-state index contributed by atoms with van der Waals surface area (Å²) >= 11 is 1.66. The van der Waals surface area contributed by atoms with E-state index < -0.39 is 0 Å². The lowest BCUT2D eigenvalue weighted by Crippen LogP contribution is -2.37. The highest BCUT2D eigenvalue weighted by atomic mass is 32.1. The Balaban J connectivity index is 1.49. The van der Waals surface area contributed by atoms with Crippen molar-refractivity contribution in [2.45, 2.75) is 20.0 Å². The molecule has 6 nitrogen and oxygen atoms in total. The number of hydrogen-bond acceptors (Lipinski definition) is 5. The van der Waals surface area contributed by atoms with Gasteiger partial charge < -0.3 is 20.3 Å². The first-order valence-electron chi connectivity index (χ1n) is 8.04. The largest absolute Gasteiger partial charge is 0.378 e. The Bertz CT molecular complexity index is 683. The smallest absolute Gasteiger partial charge is 0.315 e. The fraction of sp³-hybridized carbons (Fsp3) is 0.412. The number of rotatable bonds is 5. The minimum absolute atomic E-state index is 0.160. The predicted molar refractivity (Wildman–Crippen MR) is 95.4 cm³/mol. The fourth-order valence-electron chi connectivity index (χ4n) is 2.53. The van der Waals surface area contributed by atoms with Crippen molar-refractivity contribution in [1.29, 1.82) is 0 Å². The fourth-order valence-corrected chi connectivity index (χ4v) is 3.37. The van der Waals surface area contributed by atoms with Crippen molar-refractivity contribution in [3.05, 3.63) is 45.8 Å². The topological polar surface area (TPSA) is 66.5 Å². The number of morpholine rings is 1. The summed E-state index contributed by atoms with van der Waals surface area (Å²) in [5.74, 6) is 0.937. The summed E-state index contributed by atoms with van der Waals surface area (Å²) in [6.07, 6.45) is 1.79. The van der Waals surface area contributed by atoms with Gasteiger partial charge in [0.05, 0.1) is 19.8 Å². The highest BCUT2D eigenvalue weighted by Gasteiger charge is 2.12. The first-order valence-corrected chi connectivity index (χ1v) is 8.92. The zero-order chi connectivity index (χ0) is 16.8. The molecule has 2 aromatic heterocycles. The number of ether oxygens (including phenoxy) is 1. The number of nitrogens with zero attached hydrogens (tertiary/aromatic N) is 2. The first kappa shape index (κ1) is 16.7. The highest BCUT2D eigenvalue weighted by molar-refractivity contribution is 7.10. The number of aromatic nitrogens is 1. The molecule has 2 N–H and O–H groups in total. The standard InChI is InChI=1S/C17H22N4O2S/c1-13-3-9-24-15(13)12-20-17(22)19-11-14-2-4-18-16(10-14)21-5-7-23-8-6-21/h2-4,9-10H,5-8,11-12H2,1H3,(H2,19,20,22). The van der Waals surface area contributed by atoms with Crippen LogP contribution in [-0.2, 0) is 17.8 Å². The average Bonchev–Trinajstić information content (AvgIpc) is 3.04. The SMILES string of the molecule is Cc1ccsc1CNC(=O)NCc1ccnc(N2CCOCC2)c1. The van der Waals surface area contributed by atoms with E-state index in [-0.39, 0.29) is 6.03 Å². The van der Waals surface area contributed by atoms with E-state index in [4.69, 9.17) is 4.74 Å². The Hall–Kier alpha value is -2.12. The van der Waals surface area contributed by atoms with Crippen molar-refractivity contribution in [1.82, 2.24) is 15.6 Å². The number of anilines is 1. The van der Waals surface area contributed by atoms with E-state index in [1.54, 1.807) is 17.5 Å². The highest BCUT2D eigenvalue weighted by Crippen LogP contribution is 2.15. The summed E-state index contributed by atoms with van der Waals surface area (Å²) in [5, 5.41) is 7.82. The van der Waals surface area contributed by atoms with Crippen molar-refractivity contribution < 1.29 is 9.53 Å².